The van der Waals surface area contributed by atoms with Gasteiger partial charge in [0.25, 0.3) is 0 Å². The molecule has 1 rings (SSSR count). The molecule has 0 aromatic carbocycles. The van der Waals surface area contributed by atoms with Gasteiger partial charge >= 0.3 is 5.97 Å². The van der Waals surface area contributed by atoms with Crippen LogP contribution in [-0.4, -0.2) is 25.8 Å². The van der Waals surface area contributed by atoms with Crippen molar-refractivity contribution in [1.82, 2.24) is 0 Å². The van der Waals surface area contributed by atoms with Crippen molar-refractivity contribution >= 4 is 5.97 Å². The van der Waals surface area contributed by atoms with E-state index in [0.717, 1.165) is 32.5 Å². The van der Waals surface area contributed by atoms with Crippen molar-refractivity contribution in [3.8, 4) is 0 Å². The minimum Gasteiger partial charge on any atom is -0.463 e. The molecule has 0 radical (unpaired) electrons. The van der Waals surface area contributed by atoms with Crippen molar-refractivity contribution < 1.29 is 14.3 Å². The minimum atomic E-state index is -0.345. The van der Waals surface area contributed by atoms with Crippen LogP contribution in [0, 0.1) is 5.92 Å². The molecule has 15 heavy (non-hydrogen) atoms. The van der Waals surface area contributed by atoms with Crippen LogP contribution in [0.15, 0.2) is 11.8 Å². The van der Waals surface area contributed by atoms with E-state index in [9.17, 15) is 4.79 Å². The summed E-state index contributed by atoms with van der Waals surface area (Å²) in [5, 5.41) is 0. The first-order valence-corrected chi connectivity index (χ1v) is 5.43. The fourth-order valence-corrected chi connectivity index (χ4v) is 1.68. The first-order chi connectivity index (χ1) is 7.22. The van der Waals surface area contributed by atoms with Crippen LogP contribution < -0.4 is 5.73 Å². The summed E-state index contributed by atoms with van der Waals surface area (Å²) in [5.41, 5.74) is 6.37. The van der Waals surface area contributed by atoms with Gasteiger partial charge < -0.3 is 15.2 Å². The van der Waals surface area contributed by atoms with Crippen LogP contribution in [0.1, 0.15) is 26.2 Å². The van der Waals surface area contributed by atoms with E-state index in [1.165, 1.54) is 6.08 Å². The maximum absolute atomic E-state index is 11.1. The van der Waals surface area contributed by atoms with Gasteiger partial charge in [0.05, 0.1) is 6.61 Å². The first-order valence-electron chi connectivity index (χ1n) is 5.43. The second kappa shape index (κ2) is 6.45. The molecule has 0 spiro atoms. The van der Waals surface area contributed by atoms with Crippen molar-refractivity contribution in [3.05, 3.63) is 11.8 Å². The Morgan fingerprint density at radius 3 is 2.80 bits per heavy atom. The van der Waals surface area contributed by atoms with Crippen LogP contribution in [0.2, 0.25) is 0 Å². The predicted octanol–water partition coefficient (Wildman–Crippen LogP) is 1.21. The number of nitrogens with two attached hydrogens (primary N) is 1. The molecule has 86 valence electrons. The van der Waals surface area contributed by atoms with E-state index in [1.807, 2.05) is 0 Å². The van der Waals surface area contributed by atoms with Crippen LogP contribution in [-0.2, 0) is 14.3 Å². The van der Waals surface area contributed by atoms with Gasteiger partial charge in [-0.1, -0.05) is 0 Å². The number of carbonyl (C=O) groups excluding carboxylic acids is 1. The zero-order valence-electron chi connectivity index (χ0n) is 9.20. The number of rotatable bonds is 4. The van der Waals surface area contributed by atoms with Crippen molar-refractivity contribution in [1.29, 1.82) is 0 Å². The van der Waals surface area contributed by atoms with Gasteiger partial charge in [0, 0.05) is 25.0 Å². The standard InChI is InChI=1S/C11H19NO3/c1-2-15-11(13)8-10(12)7-9-3-5-14-6-4-9/h8-9H,2-7,12H2,1H3/b10-8-. The van der Waals surface area contributed by atoms with E-state index in [-0.39, 0.29) is 5.97 Å². The molecule has 1 aliphatic rings. The van der Waals surface area contributed by atoms with Gasteiger partial charge in [0.2, 0.25) is 0 Å². The molecule has 0 aromatic heterocycles. The van der Waals surface area contributed by atoms with Gasteiger partial charge in [0.1, 0.15) is 0 Å². The zero-order chi connectivity index (χ0) is 11.1. The molecular weight excluding hydrogens is 194 g/mol. The quantitative estimate of drug-likeness (QED) is 0.563. The molecule has 0 unspecified atom stereocenters. The molecule has 0 saturated carbocycles. The molecule has 4 heteroatoms. The van der Waals surface area contributed by atoms with Crippen LogP contribution in [0.25, 0.3) is 0 Å². The van der Waals surface area contributed by atoms with Crippen molar-refractivity contribution in [2.75, 3.05) is 19.8 Å². The molecule has 1 heterocycles. The lowest BCUT2D eigenvalue weighted by Gasteiger charge is -2.21. The maximum atomic E-state index is 11.1. The highest BCUT2D eigenvalue weighted by molar-refractivity contribution is 5.82. The van der Waals surface area contributed by atoms with E-state index in [2.05, 4.69) is 0 Å². The van der Waals surface area contributed by atoms with Crippen LogP contribution in [0.5, 0.6) is 0 Å². The second-order valence-corrected chi connectivity index (χ2v) is 3.73. The van der Waals surface area contributed by atoms with Gasteiger partial charge in [0.15, 0.2) is 0 Å². The minimum absolute atomic E-state index is 0.345. The fraction of sp³-hybridized carbons (Fsp3) is 0.727. The van der Waals surface area contributed by atoms with E-state index in [0.29, 0.717) is 18.2 Å². The average Bonchev–Trinajstić information content (AvgIpc) is 2.19. The molecule has 0 aliphatic carbocycles. The number of esters is 1. The smallest absolute Gasteiger partial charge is 0.332 e. The zero-order valence-corrected chi connectivity index (χ0v) is 9.20. The van der Waals surface area contributed by atoms with Gasteiger partial charge in [-0.3, -0.25) is 0 Å². The van der Waals surface area contributed by atoms with Crippen LogP contribution in [0.4, 0.5) is 0 Å². The topological polar surface area (TPSA) is 61.5 Å². The third-order valence-electron chi connectivity index (χ3n) is 2.46. The van der Waals surface area contributed by atoms with E-state index in [1.54, 1.807) is 6.92 Å². The summed E-state index contributed by atoms with van der Waals surface area (Å²) < 4.78 is 10.0. The predicted molar refractivity (Wildman–Crippen MR) is 57.1 cm³/mol. The largest absolute Gasteiger partial charge is 0.463 e. The van der Waals surface area contributed by atoms with Crippen LogP contribution in [0.3, 0.4) is 0 Å². The summed E-state index contributed by atoms with van der Waals surface area (Å²) in [7, 11) is 0. The Kier molecular flexibility index (Phi) is 5.18. The highest BCUT2D eigenvalue weighted by Gasteiger charge is 2.14. The molecule has 0 bridgehead atoms. The molecule has 1 saturated heterocycles. The van der Waals surface area contributed by atoms with E-state index in [4.69, 9.17) is 15.2 Å². The molecule has 1 fully saturated rings. The average molecular weight is 213 g/mol. The monoisotopic (exact) mass is 213 g/mol. The number of hydrogen-bond acceptors (Lipinski definition) is 4. The summed E-state index contributed by atoms with van der Waals surface area (Å²) >= 11 is 0. The van der Waals surface area contributed by atoms with E-state index < -0.39 is 0 Å². The summed E-state index contributed by atoms with van der Waals surface area (Å²) in [5.74, 6) is 0.200. The molecule has 4 nitrogen and oxygen atoms in total. The van der Waals surface area contributed by atoms with Crippen molar-refractivity contribution in [3.63, 3.8) is 0 Å². The maximum Gasteiger partial charge on any atom is 0.332 e. The second-order valence-electron chi connectivity index (χ2n) is 3.73. The molecule has 1 aliphatic heterocycles. The summed E-state index contributed by atoms with van der Waals surface area (Å²) in [4.78, 5) is 11.1. The number of ether oxygens (including phenoxy) is 2. The van der Waals surface area contributed by atoms with Crippen molar-refractivity contribution in [2.24, 2.45) is 11.7 Å². The Bertz CT molecular complexity index is 232. The molecular formula is C11H19NO3. The summed E-state index contributed by atoms with van der Waals surface area (Å²) in [6.07, 6.45) is 4.20. The number of allylic oxidation sites excluding steroid dienone is 1. The van der Waals surface area contributed by atoms with Gasteiger partial charge in [-0.05, 0) is 32.1 Å². The number of carbonyl (C=O) groups is 1. The third kappa shape index (κ3) is 4.83. The molecule has 0 aromatic rings. The Morgan fingerprint density at radius 1 is 1.53 bits per heavy atom. The van der Waals surface area contributed by atoms with Gasteiger partial charge in [-0.15, -0.1) is 0 Å². The first kappa shape index (κ1) is 12.0. The lowest BCUT2D eigenvalue weighted by atomic mass is 9.95. The van der Waals surface area contributed by atoms with Crippen molar-refractivity contribution in [2.45, 2.75) is 26.2 Å². The normalized spacial score (nSPS) is 18.9. The highest BCUT2D eigenvalue weighted by atomic mass is 16.5. The summed E-state index contributed by atoms with van der Waals surface area (Å²) in [6.45, 7) is 3.77. The van der Waals surface area contributed by atoms with Crippen LogP contribution >= 0.6 is 0 Å². The Hall–Kier alpha value is -1.03. The SMILES string of the molecule is CCOC(=O)/C=C(\N)CC1CCOCC1. The van der Waals surface area contributed by atoms with Gasteiger partial charge in [-0.25, -0.2) is 4.79 Å². The molecule has 0 amide bonds. The van der Waals surface area contributed by atoms with E-state index >= 15 is 0 Å². The summed E-state index contributed by atoms with van der Waals surface area (Å²) in [6, 6.07) is 0. The lowest BCUT2D eigenvalue weighted by Crippen LogP contribution is -2.18. The lowest BCUT2D eigenvalue weighted by molar-refractivity contribution is -0.137. The Labute approximate surface area is 90.4 Å². The molecule has 2 N–H and O–H groups in total. The number of hydrogen-bond donors (Lipinski definition) is 1. The molecule has 0 atom stereocenters. The Balaban J connectivity index is 2.32. The Morgan fingerprint density at radius 2 is 2.20 bits per heavy atom. The highest BCUT2D eigenvalue weighted by Crippen LogP contribution is 2.20. The van der Waals surface area contributed by atoms with Gasteiger partial charge in [-0.2, -0.15) is 0 Å². The fourth-order valence-electron chi connectivity index (χ4n) is 1.68. The third-order valence-corrected chi connectivity index (χ3v) is 2.46.